The van der Waals surface area contributed by atoms with Gasteiger partial charge in [-0.3, -0.25) is 19.2 Å². The Morgan fingerprint density at radius 3 is 1.24 bits per heavy atom. The van der Waals surface area contributed by atoms with E-state index in [4.69, 9.17) is 0 Å². The zero-order valence-corrected chi connectivity index (χ0v) is 22.3. The van der Waals surface area contributed by atoms with Gasteiger partial charge in [0.2, 0.25) is 11.8 Å². The Labute approximate surface area is 220 Å². The molecule has 0 aliphatic rings. The van der Waals surface area contributed by atoms with E-state index >= 15 is 0 Å². The summed E-state index contributed by atoms with van der Waals surface area (Å²) in [5.74, 6) is -1.07. The van der Waals surface area contributed by atoms with E-state index in [9.17, 15) is 19.2 Å². The highest BCUT2D eigenvalue weighted by atomic mass is 16.2. The Bertz CT molecular complexity index is 928. The smallest absolute Gasteiger partial charge is 0.251 e. The molecule has 0 aromatic heterocycles. The first kappa shape index (κ1) is 29.5. The molecule has 0 fully saturated rings. The lowest BCUT2D eigenvalue weighted by molar-refractivity contribution is -0.124. The Hall–Kier alpha value is -3.68. The number of hydrogen-bond donors (Lipinski definition) is 4. The molecule has 200 valence electrons. The zero-order valence-electron chi connectivity index (χ0n) is 22.3. The minimum absolute atomic E-state index is 0.0563. The van der Waals surface area contributed by atoms with Crippen LogP contribution in [-0.2, 0) is 9.59 Å². The third-order valence-corrected chi connectivity index (χ3v) is 6.00. The van der Waals surface area contributed by atoms with Crippen LogP contribution in [0.3, 0.4) is 0 Å². The molecule has 4 amide bonds. The van der Waals surface area contributed by atoms with E-state index in [0.29, 0.717) is 24.2 Å². The van der Waals surface area contributed by atoms with Crippen LogP contribution in [0.1, 0.15) is 67.7 Å². The second-order valence-electron chi connectivity index (χ2n) is 9.77. The van der Waals surface area contributed by atoms with Crippen molar-refractivity contribution in [2.45, 2.75) is 59.0 Å². The summed E-state index contributed by atoms with van der Waals surface area (Å²) in [7, 11) is 0. The van der Waals surface area contributed by atoms with Gasteiger partial charge in [0.05, 0.1) is 0 Å². The van der Waals surface area contributed by atoms with Gasteiger partial charge < -0.3 is 21.3 Å². The number of benzene rings is 2. The molecule has 0 heterocycles. The molecule has 0 aliphatic carbocycles. The first-order valence-electron chi connectivity index (χ1n) is 13.0. The van der Waals surface area contributed by atoms with Crippen LogP contribution in [0.25, 0.3) is 0 Å². The Morgan fingerprint density at radius 1 is 0.568 bits per heavy atom. The minimum atomic E-state index is -0.619. The average molecular weight is 509 g/mol. The Morgan fingerprint density at radius 2 is 0.919 bits per heavy atom. The predicted molar refractivity (Wildman–Crippen MR) is 145 cm³/mol. The van der Waals surface area contributed by atoms with Crippen LogP contribution in [0.4, 0.5) is 0 Å². The van der Waals surface area contributed by atoms with E-state index in [1.165, 1.54) is 0 Å². The molecule has 37 heavy (non-hydrogen) atoms. The summed E-state index contributed by atoms with van der Waals surface area (Å²) in [6.45, 7) is 8.55. The molecule has 0 aliphatic heterocycles. The van der Waals surface area contributed by atoms with Crippen LogP contribution in [0, 0.1) is 11.8 Å². The molecule has 0 spiro atoms. The van der Waals surface area contributed by atoms with Gasteiger partial charge in [0.15, 0.2) is 0 Å². The van der Waals surface area contributed by atoms with E-state index in [0.717, 1.165) is 19.3 Å². The van der Waals surface area contributed by atoms with Crippen molar-refractivity contribution >= 4 is 23.6 Å². The topological polar surface area (TPSA) is 116 Å². The van der Waals surface area contributed by atoms with Gasteiger partial charge in [-0.15, -0.1) is 0 Å². The minimum Gasteiger partial charge on any atom is -0.354 e. The Kier molecular flexibility index (Phi) is 12.3. The maximum atomic E-state index is 12.6. The molecule has 0 saturated carbocycles. The quantitative estimate of drug-likeness (QED) is 0.293. The maximum absolute atomic E-state index is 12.6. The standard InChI is InChI=1S/C29H40N4O4/c1-20(2)24(32-26(34)22-14-8-5-9-15-22)28(36)30-18-12-7-13-19-31-29(37)25(21(3)4)33-27(35)23-16-10-6-11-17-23/h5-6,8-11,14-17,20-21,24-25H,7,12-13,18-19H2,1-4H3,(H,30,36)(H,31,37)(H,32,34)(H,33,35)/t24-,25-/m0/s1. The molecule has 2 rings (SSSR count). The van der Waals surface area contributed by atoms with E-state index in [1.54, 1.807) is 48.5 Å². The van der Waals surface area contributed by atoms with Crippen molar-refractivity contribution in [1.29, 1.82) is 0 Å². The van der Waals surface area contributed by atoms with Crippen LogP contribution < -0.4 is 21.3 Å². The fourth-order valence-electron chi connectivity index (χ4n) is 3.77. The number of nitrogens with one attached hydrogen (secondary N) is 4. The van der Waals surface area contributed by atoms with E-state index in [1.807, 2.05) is 39.8 Å². The summed E-state index contributed by atoms with van der Waals surface area (Å²) in [6, 6.07) is 16.4. The third-order valence-electron chi connectivity index (χ3n) is 6.00. The molecule has 4 N–H and O–H groups in total. The number of unbranched alkanes of at least 4 members (excludes halogenated alkanes) is 2. The van der Waals surface area contributed by atoms with Gasteiger partial charge in [0, 0.05) is 24.2 Å². The first-order chi connectivity index (χ1) is 17.7. The SMILES string of the molecule is CC(C)[C@H](NC(=O)c1ccccc1)C(=O)NCCCCCNC(=O)[C@@H](NC(=O)c1ccccc1)C(C)C. The van der Waals surface area contributed by atoms with Crippen LogP contribution in [0.15, 0.2) is 60.7 Å². The van der Waals surface area contributed by atoms with Crippen molar-refractivity contribution in [3.05, 3.63) is 71.8 Å². The van der Waals surface area contributed by atoms with Gasteiger partial charge in [-0.05, 0) is 55.4 Å². The second kappa shape index (κ2) is 15.4. The molecule has 2 aromatic carbocycles. The predicted octanol–water partition coefficient (Wildman–Crippen LogP) is 3.30. The van der Waals surface area contributed by atoms with Crippen LogP contribution in [0.5, 0.6) is 0 Å². The number of hydrogen-bond acceptors (Lipinski definition) is 4. The van der Waals surface area contributed by atoms with Crippen molar-refractivity contribution in [3.8, 4) is 0 Å². The van der Waals surface area contributed by atoms with Gasteiger partial charge >= 0.3 is 0 Å². The largest absolute Gasteiger partial charge is 0.354 e. The summed E-state index contributed by atoms with van der Waals surface area (Å²) >= 11 is 0. The lowest BCUT2D eigenvalue weighted by Gasteiger charge is -2.22. The first-order valence-corrected chi connectivity index (χ1v) is 13.0. The highest BCUT2D eigenvalue weighted by molar-refractivity contribution is 5.98. The normalized spacial score (nSPS) is 12.5. The molecule has 2 aromatic rings. The zero-order chi connectivity index (χ0) is 27.2. The van der Waals surface area contributed by atoms with Gasteiger partial charge in [0.25, 0.3) is 11.8 Å². The number of carbonyl (C=O) groups is 4. The lowest BCUT2D eigenvalue weighted by Crippen LogP contribution is -2.50. The van der Waals surface area contributed by atoms with E-state index in [2.05, 4.69) is 21.3 Å². The molecule has 2 atom stereocenters. The monoisotopic (exact) mass is 508 g/mol. The summed E-state index contributed by atoms with van der Waals surface area (Å²) in [6.07, 6.45) is 2.31. The molecular formula is C29H40N4O4. The highest BCUT2D eigenvalue weighted by Crippen LogP contribution is 2.07. The van der Waals surface area contributed by atoms with Crippen molar-refractivity contribution < 1.29 is 19.2 Å². The highest BCUT2D eigenvalue weighted by Gasteiger charge is 2.25. The second-order valence-corrected chi connectivity index (χ2v) is 9.77. The third kappa shape index (κ3) is 10.1. The maximum Gasteiger partial charge on any atom is 0.251 e. The molecular weight excluding hydrogens is 468 g/mol. The Balaban J connectivity index is 1.68. The molecule has 0 unspecified atom stereocenters. The molecule has 0 saturated heterocycles. The van der Waals surface area contributed by atoms with Gasteiger partial charge in [-0.25, -0.2) is 0 Å². The van der Waals surface area contributed by atoms with E-state index in [-0.39, 0.29) is 35.5 Å². The van der Waals surface area contributed by atoms with E-state index < -0.39 is 12.1 Å². The van der Waals surface area contributed by atoms with Crippen LogP contribution >= 0.6 is 0 Å². The summed E-state index contributed by atoms with van der Waals surface area (Å²) < 4.78 is 0. The number of rotatable bonds is 14. The molecule has 0 radical (unpaired) electrons. The van der Waals surface area contributed by atoms with Gasteiger partial charge in [0.1, 0.15) is 12.1 Å². The summed E-state index contributed by atoms with van der Waals surface area (Å²) in [4.78, 5) is 50.2. The van der Waals surface area contributed by atoms with Crippen LogP contribution in [-0.4, -0.2) is 48.8 Å². The molecule has 8 nitrogen and oxygen atoms in total. The van der Waals surface area contributed by atoms with Crippen molar-refractivity contribution in [1.82, 2.24) is 21.3 Å². The summed E-state index contributed by atoms with van der Waals surface area (Å²) in [5.41, 5.74) is 1.03. The summed E-state index contributed by atoms with van der Waals surface area (Å²) in [5, 5.41) is 11.4. The fourth-order valence-corrected chi connectivity index (χ4v) is 3.77. The fraction of sp³-hybridized carbons (Fsp3) is 0.448. The number of amides is 4. The molecule has 8 heteroatoms. The van der Waals surface area contributed by atoms with Gasteiger partial charge in [-0.1, -0.05) is 64.1 Å². The van der Waals surface area contributed by atoms with Crippen molar-refractivity contribution in [3.63, 3.8) is 0 Å². The lowest BCUT2D eigenvalue weighted by atomic mass is 10.0. The van der Waals surface area contributed by atoms with Gasteiger partial charge in [-0.2, -0.15) is 0 Å². The molecule has 0 bridgehead atoms. The average Bonchev–Trinajstić information content (AvgIpc) is 2.89. The van der Waals surface area contributed by atoms with Crippen molar-refractivity contribution in [2.75, 3.05) is 13.1 Å². The van der Waals surface area contributed by atoms with Crippen LogP contribution in [0.2, 0.25) is 0 Å². The van der Waals surface area contributed by atoms with Crippen molar-refractivity contribution in [2.24, 2.45) is 11.8 Å². The number of carbonyl (C=O) groups excluding carboxylic acids is 4.